The normalized spacial score (nSPS) is 14.4. The van der Waals surface area contributed by atoms with E-state index >= 15 is 0 Å². The third-order valence-corrected chi connectivity index (χ3v) is 3.27. The van der Waals surface area contributed by atoms with Gasteiger partial charge in [-0.25, -0.2) is 0 Å². The maximum absolute atomic E-state index is 5.81. The molecule has 3 N–H and O–H groups in total. The minimum absolute atomic E-state index is 0.271. The van der Waals surface area contributed by atoms with Crippen LogP contribution in [0.3, 0.4) is 0 Å². The monoisotopic (exact) mass is 202 g/mol. The Morgan fingerprint density at radius 1 is 1.36 bits per heavy atom. The molecule has 0 aromatic heterocycles. The Balaban J connectivity index is 3.82. The van der Waals surface area contributed by atoms with E-state index in [4.69, 9.17) is 10.5 Å². The molecule has 3 heteroatoms. The number of nitrogens with two attached hydrogens (primary N) is 1. The van der Waals surface area contributed by atoms with Crippen LogP contribution in [0.25, 0.3) is 0 Å². The molecule has 0 aliphatic carbocycles. The van der Waals surface area contributed by atoms with Crippen molar-refractivity contribution in [3.8, 4) is 0 Å². The van der Waals surface area contributed by atoms with Crippen molar-refractivity contribution in [1.82, 2.24) is 5.32 Å². The average Bonchev–Trinajstić information content (AvgIpc) is 2.25. The Hall–Kier alpha value is -0.120. The first-order valence-electron chi connectivity index (χ1n) is 5.57. The molecule has 0 amide bonds. The largest absolute Gasteiger partial charge is 0.380 e. The summed E-state index contributed by atoms with van der Waals surface area (Å²) in [6.07, 6.45) is 2.54. The van der Waals surface area contributed by atoms with Crippen molar-refractivity contribution in [1.29, 1.82) is 0 Å². The van der Waals surface area contributed by atoms with Gasteiger partial charge < -0.3 is 15.8 Å². The standard InChI is InChI=1S/C11H26N2O/c1-5-11(6-2,8-12)9-13-7-10(3)14-4/h10,13H,5-9,12H2,1-4H3. The van der Waals surface area contributed by atoms with Gasteiger partial charge in [0, 0.05) is 20.2 Å². The van der Waals surface area contributed by atoms with Gasteiger partial charge in [0.2, 0.25) is 0 Å². The summed E-state index contributed by atoms with van der Waals surface area (Å²) in [6.45, 7) is 9.13. The van der Waals surface area contributed by atoms with Gasteiger partial charge in [0.25, 0.3) is 0 Å². The Morgan fingerprint density at radius 3 is 2.29 bits per heavy atom. The van der Waals surface area contributed by atoms with E-state index in [1.54, 1.807) is 7.11 Å². The highest BCUT2D eigenvalue weighted by Crippen LogP contribution is 2.23. The highest BCUT2D eigenvalue weighted by atomic mass is 16.5. The predicted octanol–water partition coefficient (Wildman–Crippen LogP) is 1.38. The highest BCUT2D eigenvalue weighted by Gasteiger charge is 2.23. The van der Waals surface area contributed by atoms with Crippen molar-refractivity contribution in [2.24, 2.45) is 11.1 Å². The summed E-state index contributed by atoms with van der Waals surface area (Å²) in [6, 6.07) is 0. The van der Waals surface area contributed by atoms with E-state index < -0.39 is 0 Å². The maximum Gasteiger partial charge on any atom is 0.0667 e. The first-order valence-corrected chi connectivity index (χ1v) is 5.57. The Morgan fingerprint density at radius 2 is 1.93 bits per heavy atom. The third-order valence-electron chi connectivity index (χ3n) is 3.27. The molecule has 3 nitrogen and oxygen atoms in total. The Kier molecular flexibility index (Phi) is 7.15. The lowest BCUT2D eigenvalue weighted by atomic mass is 9.82. The second kappa shape index (κ2) is 7.21. The first-order chi connectivity index (χ1) is 6.64. The van der Waals surface area contributed by atoms with Gasteiger partial charge in [-0.3, -0.25) is 0 Å². The molecular formula is C11H26N2O. The van der Waals surface area contributed by atoms with E-state index in [1.165, 1.54) is 0 Å². The van der Waals surface area contributed by atoms with Crippen LogP contribution in [0, 0.1) is 5.41 Å². The molecule has 0 radical (unpaired) electrons. The van der Waals surface area contributed by atoms with Crippen molar-refractivity contribution < 1.29 is 4.74 Å². The molecule has 86 valence electrons. The Bertz CT molecular complexity index is 127. The second-order valence-electron chi connectivity index (χ2n) is 4.09. The molecule has 0 saturated heterocycles. The molecule has 0 bridgehead atoms. The second-order valence-corrected chi connectivity index (χ2v) is 4.09. The van der Waals surface area contributed by atoms with E-state index in [9.17, 15) is 0 Å². The zero-order valence-electron chi connectivity index (χ0n) is 10.1. The van der Waals surface area contributed by atoms with Crippen LogP contribution in [0.2, 0.25) is 0 Å². The number of hydrogen-bond donors (Lipinski definition) is 2. The van der Waals surface area contributed by atoms with Gasteiger partial charge in [-0.05, 0) is 31.7 Å². The van der Waals surface area contributed by atoms with E-state index in [2.05, 4.69) is 26.1 Å². The molecule has 0 rings (SSSR count). The van der Waals surface area contributed by atoms with Gasteiger partial charge in [0.15, 0.2) is 0 Å². The van der Waals surface area contributed by atoms with Gasteiger partial charge in [-0.1, -0.05) is 13.8 Å². The molecule has 1 unspecified atom stereocenters. The van der Waals surface area contributed by atoms with Gasteiger partial charge in [0.1, 0.15) is 0 Å². The van der Waals surface area contributed by atoms with Crippen LogP contribution < -0.4 is 11.1 Å². The third kappa shape index (κ3) is 4.40. The topological polar surface area (TPSA) is 47.3 Å². The van der Waals surface area contributed by atoms with Crippen molar-refractivity contribution in [2.75, 3.05) is 26.7 Å². The number of methoxy groups -OCH3 is 1. The SMILES string of the molecule is CCC(CC)(CN)CNCC(C)OC. The van der Waals surface area contributed by atoms with Crippen LogP contribution in [0.5, 0.6) is 0 Å². The summed E-state index contributed by atoms with van der Waals surface area (Å²) >= 11 is 0. The van der Waals surface area contributed by atoms with Crippen LogP contribution >= 0.6 is 0 Å². The van der Waals surface area contributed by atoms with Crippen molar-refractivity contribution >= 4 is 0 Å². The first kappa shape index (κ1) is 13.9. The lowest BCUT2D eigenvalue weighted by Gasteiger charge is -2.30. The fraction of sp³-hybridized carbons (Fsp3) is 1.00. The smallest absolute Gasteiger partial charge is 0.0667 e. The Labute approximate surface area is 88.4 Å². The number of ether oxygens (including phenoxy) is 1. The zero-order valence-corrected chi connectivity index (χ0v) is 10.1. The minimum atomic E-state index is 0.271. The molecule has 0 aromatic carbocycles. The van der Waals surface area contributed by atoms with Crippen LogP contribution in [0.15, 0.2) is 0 Å². The van der Waals surface area contributed by atoms with E-state index in [1.807, 2.05) is 0 Å². The molecule has 1 atom stereocenters. The molecule has 0 fully saturated rings. The lowest BCUT2D eigenvalue weighted by Crippen LogP contribution is -2.41. The summed E-state index contributed by atoms with van der Waals surface area (Å²) in [4.78, 5) is 0. The van der Waals surface area contributed by atoms with Gasteiger partial charge >= 0.3 is 0 Å². The molecule has 14 heavy (non-hydrogen) atoms. The molecule has 0 saturated carbocycles. The van der Waals surface area contributed by atoms with E-state index in [0.717, 1.165) is 32.5 Å². The maximum atomic E-state index is 5.81. The van der Waals surface area contributed by atoms with Gasteiger partial charge in [-0.15, -0.1) is 0 Å². The predicted molar refractivity (Wildman–Crippen MR) is 61.4 cm³/mol. The van der Waals surface area contributed by atoms with E-state index in [-0.39, 0.29) is 11.5 Å². The van der Waals surface area contributed by atoms with Crippen LogP contribution in [0.4, 0.5) is 0 Å². The number of hydrogen-bond acceptors (Lipinski definition) is 3. The summed E-state index contributed by atoms with van der Waals surface area (Å²) in [7, 11) is 1.74. The molecule has 0 aliphatic heterocycles. The van der Waals surface area contributed by atoms with Gasteiger partial charge in [-0.2, -0.15) is 0 Å². The average molecular weight is 202 g/mol. The van der Waals surface area contributed by atoms with Crippen molar-refractivity contribution in [3.05, 3.63) is 0 Å². The number of nitrogens with one attached hydrogen (secondary N) is 1. The fourth-order valence-electron chi connectivity index (χ4n) is 1.48. The molecule has 0 aliphatic rings. The molecular weight excluding hydrogens is 176 g/mol. The number of rotatable bonds is 8. The summed E-state index contributed by atoms with van der Waals surface area (Å²) in [5.74, 6) is 0. The van der Waals surface area contributed by atoms with Gasteiger partial charge in [0.05, 0.1) is 6.10 Å². The lowest BCUT2D eigenvalue weighted by molar-refractivity contribution is 0.112. The summed E-state index contributed by atoms with van der Waals surface area (Å²) < 4.78 is 5.17. The van der Waals surface area contributed by atoms with Crippen LogP contribution in [0.1, 0.15) is 33.6 Å². The van der Waals surface area contributed by atoms with Crippen LogP contribution in [-0.4, -0.2) is 32.8 Å². The quantitative estimate of drug-likeness (QED) is 0.625. The molecule has 0 heterocycles. The van der Waals surface area contributed by atoms with Crippen LogP contribution in [-0.2, 0) is 4.74 Å². The molecule has 0 aromatic rings. The minimum Gasteiger partial charge on any atom is -0.380 e. The van der Waals surface area contributed by atoms with E-state index in [0.29, 0.717) is 0 Å². The fourth-order valence-corrected chi connectivity index (χ4v) is 1.48. The summed E-state index contributed by atoms with van der Waals surface area (Å²) in [5.41, 5.74) is 6.08. The summed E-state index contributed by atoms with van der Waals surface area (Å²) in [5, 5.41) is 3.42. The van der Waals surface area contributed by atoms with Crippen molar-refractivity contribution in [3.63, 3.8) is 0 Å². The zero-order chi connectivity index (χ0) is 11.0. The highest BCUT2D eigenvalue weighted by molar-refractivity contribution is 4.80. The van der Waals surface area contributed by atoms with Crippen molar-refractivity contribution in [2.45, 2.75) is 39.7 Å². The molecule has 0 spiro atoms.